The molecule has 0 aromatic heterocycles. The van der Waals surface area contributed by atoms with E-state index in [0.717, 1.165) is 5.56 Å². The summed E-state index contributed by atoms with van der Waals surface area (Å²) in [6, 6.07) is 42.9. The van der Waals surface area contributed by atoms with Gasteiger partial charge in [0.05, 0.1) is 6.10 Å². The summed E-state index contributed by atoms with van der Waals surface area (Å²) < 4.78 is 0. The van der Waals surface area contributed by atoms with Crippen LogP contribution in [0.25, 0.3) is 0 Å². The van der Waals surface area contributed by atoms with Crippen molar-refractivity contribution < 1.29 is 5.11 Å². The molecule has 4 aromatic rings. The monoisotopic (exact) mass is 380 g/mol. The van der Waals surface area contributed by atoms with Gasteiger partial charge in [-0.15, -0.1) is 0 Å². The molecule has 4 aromatic carbocycles. The molecule has 0 heterocycles. The van der Waals surface area contributed by atoms with Crippen LogP contribution in [0.3, 0.4) is 0 Å². The van der Waals surface area contributed by atoms with E-state index in [-0.39, 0.29) is 0 Å². The van der Waals surface area contributed by atoms with Gasteiger partial charge in [-0.2, -0.15) is 0 Å². The van der Waals surface area contributed by atoms with Crippen molar-refractivity contribution in [1.82, 2.24) is 0 Å². The lowest BCUT2D eigenvalue weighted by Gasteiger charge is -2.35. The number of hydrogen-bond acceptors (Lipinski definition) is 1. The third-order valence-corrected chi connectivity index (χ3v) is 10.4. The fourth-order valence-corrected chi connectivity index (χ4v) is 8.91. The van der Waals surface area contributed by atoms with Crippen LogP contribution in [0.2, 0.25) is 6.04 Å². The van der Waals surface area contributed by atoms with E-state index in [0.29, 0.717) is 6.04 Å². The van der Waals surface area contributed by atoms with Gasteiger partial charge in [-0.3, -0.25) is 0 Å². The van der Waals surface area contributed by atoms with Gasteiger partial charge in [0, 0.05) is 0 Å². The number of aliphatic hydroxyl groups excluding tert-OH is 1. The normalized spacial score (nSPS) is 12.5. The topological polar surface area (TPSA) is 20.2 Å². The Bertz CT molecular complexity index is 889. The second-order valence-corrected chi connectivity index (χ2v) is 11.1. The molecule has 0 saturated heterocycles. The maximum absolute atomic E-state index is 11.3. The first-order valence-electron chi connectivity index (χ1n) is 9.70. The Labute approximate surface area is 168 Å². The van der Waals surface area contributed by atoms with E-state index >= 15 is 0 Å². The molecule has 0 bridgehead atoms. The van der Waals surface area contributed by atoms with Gasteiger partial charge in [-0.05, 0) is 27.2 Å². The first kappa shape index (κ1) is 18.4. The predicted molar refractivity (Wildman–Crippen MR) is 120 cm³/mol. The molecule has 1 nitrogen and oxygen atoms in total. The van der Waals surface area contributed by atoms with Crippen molar-refractivity contribution >= 4 is 23.6 Å². The highest BCUT2D eigenvalue weighted by Gasteiger charge is 2.41. The Morgan fingerprint density at radius 1 is 0.500 bits per heavy atom. The lowest BCUT2D eigenvalue weighted by Crippen LogP contribution is -2.67. The van der Waals surface area contributed by atoms with E-state index < -0.39 is 14.2 Å². The van der Waals surface area contributed by atoms with Crippen LogP contribution >= 0.6 is 0 Å². The molecule has 0 aliphatic rings. The van der Waals surface area contributed by atoms with Crippen LogP contribution in [-0.2, 0) is 0 Å². The fraction of sp³-hybridized carbons (Fsp3) is 0.0769. The summed E-state index contributed by atoms with van der Waals surface area (Å²) in [5.41, 5.74) is 0.974. The minimum atomic E-state index is -2.42. The van der Waals surface area contributed by atoms with Crippen LogP contribution in [0.4, 0.5) is 0 Å². The summed E-state index contributed by atoms with van der Waals surface area (Å²) in [6.07, 6.45) is -0.520. The summed E-state index contributed by atoms with van der Waals surface area (Å²) in [5.74, 6) is 0. The Hall–Kier alpha value is -2.94. The Morgan fingerprint density at radius 3 is 1.18 bits per heavy atom. The standard InChI is InChI=1S/C26H24OSi/c27-26(22-13-5-1-6-14-22)21-28(23-15-7-2-8-16-23,24-17-9-3-10-18-24)25-19-11-4-12-20-25/h1-20,26-27H,21H2. The number of benzene rings is 4. The molecule has 1 unspecified atom stereocenters. The lowest BCUT2D eigenvalue weighted by atomic mass is 10.1. The molecule has 0 aliphatic carbocycles. The van der Waals surface area contributed by atoms with Gasteiger partial charge in [-0.1, -0.05) is 121 Å². The van der Waals surface area contributed by atoms with Crippen LogP contribution in [0.1, 0.15) is 11.7 Å². The van der Waals surface area contributed by atoms with Gasteiger partial charge in [0.2, 0.25) is 0 Å². The van der Waals surface area contributed by atoms with Gasteiger partial charge in [0.1, 0.15) is 0 Å². The maximum Gasteiger partial charge on any atom is 0.151 e. The molecule has 1 atom stereocenters. The Balaban J connectivity index is 1.93. The third kappa shape index (κ3) is 3.57. The molecule has 28 heavy (non-hydrogen) atoms. The Kier molecular flexibility index (Phi) is 5.52. The molecular weight excluding hydrogens is 356 g/mol. The molecule has 4 rings (SSSR count). The van der Waals surface area contributed by atoms with Crippen molar-refractivity contribution in [3.05, 3.63) is 127 Å². The van der Waals surface area contributed by atoms with Gasteiger partial charge in [0.25, 0.3) is 0 Å². The molecule has 0 radical (unpaired) electrons. The average molecular weight is 381 g/mol. The van der Waals surface area contributed by atoms with Crippen LogP contribution in [0, 0.1) is 0 Å². The first-order valence-corrected chi connectivity index (χ1v) is 11.9. The molecule has 0 amide bonds. The molecule has 0 fully saturated rings. The van der Waals surface area contributed by atoms with Crippen LogP contribution in [-0.4, -0.2) is 13.2 Å². The second-order valence-electron chi connectivity index (χ2n) is 7.13. The minimum absolute atomic E-state index is 0.520. The zero-order valence-electron chi connectivity index (χ0n) is 15.8. The highest BCUT2D eigenvalue weighted by atomic mass is 28.3. The van der Waals surface area contributed by atoms with E-state index in [1.54, 1.807) is 0 Å². The van der Waals surface area contributed by atoms with Gasteiger partial charge in [0.15, 0.2) is 8.07 Å². The van der Waals surface area contributed by atoms with Crippen molar-refractivity contribution in [2.45, 2.75) is 12.1 Å². The van der Waals surface area contributed by atoms with Crippen molar-refractivity contribution in [2.75, 3.05) is 0 Å². The zero-order valence-corrected chi connectivity index (χ0v) is 16.8. The van der Waals surface area contributed by atoms with Crippen LogP contribution in [0.5, 0.6) is 0 Å². The minimum Gasteiger partial charge on any atom is -0.389 e. The van der Waals surface area contributed by atoms with E-state index in [2.05, 4.69) is 91.0 Å². The van der Waals surface area contributed by atoms with Crippen LogP contribution < -0.4 is 15.6 Å². The summed E-state index contributed by atoms with van der Waals surface area (Å²) in [6.45, 7) is 0. The van der Waals surface area contributed by atoms with Crippen molar-refractivity contribution in [2.24, 2.45) is 0 Å². The molecule has 0 saturated carbocycles. The SMILES string of the molecule is OC(C[Si](c1ccccc1)(c1ccccc1)c1ccccc1)c1ccccc1. The molecule has 2 heteroatoms. The summed E-state index contributed by atoms with van der Waals surface area (Å²) in [5, 5.41) is 15.2. The van der Waals surface area contributed by atoms with Crippen molar-refractivity contribution in [3.8, 4) is 0 Å². The summed E-state index contributed by atoms with van der Waals surface area (Å²) >= 11 is 0. The van der Waals surface area contributed by atoms with Gasteiger partial charge >= 0.3 is 0 Å². The quantitative estimate of drug-likeness (QED) is 0.397. The molecule has 0 aliphatic heterocycles. The molecular formula is C26H24OSi. The number of rotatable bonds is 6. The zero-order chi connectivity index (χ0) is 19.2. The van der Waals surface area contributed by atoms with E-state index in [1.165, 1.54) is 15.6 Å². The predicted octanol–water partition coefficient (Wildman–Crippen LogP) is 3.89. The second kappa shape index (κ2) is 8.38. The fourth-order valence-electron chi connectivity index (χ4n) is 4.10. The third-order valence-electron chi connectivity index (χ3n) is 5.48. The van der Waals surface area contributed by atoms with Crippen molar-refractivity contribution in [1.29, 1.82) is 0 Å². The highest BCUT2D eigenvalue weighted by Crippen LogP contribution is 2.25. The number of hydrogen-bond donors (Lipinski definition) is 1. The van der Waals surface area contributed by atoms with Gasteiger partial charge < -0.3 is 5.11 Å². The highest BCUT2D eigenvalue weighted by molar-refractivity contribution is 7.11. The molecule has 138 valence electrons. The van der Waals surface area contributed by atoms with Crippen molar-refractivity contribution in [3.63, 3.8) is 0 Å². The molecule has 1 N–H and O–H groups in total. The molecule has 0 spiro atoms. The van der Waals surface area contributed by atoms with Gasteiger partial charge in [-0.25, -0.2) is 0 Å². The lowest BCUT2D eigenvalue weighted by molar-refractivity contribution is 0.198. The summed E-state index contributed by atoms with van der Waals surface area (Å²) in [7, 11) is -2.42. The summed E-state index contributed by atoms with van der Waals surface area (Å²) in [4.78, 5) is 0. The number of aliphatic hydroxyl groups is 1. The van der Waals surface area contributed by atoms with E-state index in [1.807, 2.05) is 30.3 Å². The smallest absolute Gasteiger partial charge is 0.151 e. The largest absolute Gasteiger partial charge is 0.389 e. The first-order chi connectivity index (χ1) is 13.8. The van der Waals surface area contributed by atoms with Crippen LogP contribution in [0.15, 0.2) is 121 Å². The Morgan fingerprint density at radius 2 is 0.821 bits per heavy atom. The maximum atomic E-state index is 11.3. The van der Waals surface area contributed by atoms with E-state index in [9.17, 15) is 5.11 Å². The average Bonchev–Trinajstić information content (AvgIpc) is 2.80. The van der Waals surface area contributed by atoms with E-state index in [4.69, 9.17) is 0 Å².